The number of rotatable bonds is 4. The third-order valence-electron chi connectivity index (χ3n) is 3.38. The molecule has 0 aliphatic heterocycles. The van der Waals surface area contributed by atoms with Crippen molar-refractivity contribution in [1.82, 2.24) is 19.9 Å². The minimum atomic E-state index is -0.226. The standard InChI is InChI=1S/C15H14BrFN4/c1-10(12-6-5-11(16)8-13(12)17)18-9-15-20-19-14-4-2-3-7-21(14)15/h2-8,10,18H,9H2,1H3. The summed E-state index contributed by atoms with van der Waals surface area (Å²) in [5.74, 6) is 0.574. The van der Waals surface area contributed by atoms with Gasteiger partial charge in [-0.3, -0.25) is 4.40 Å². The molecule has 1 N–H and O–H groups in total. The number of pyridine rings is 1. The molecule has 0 bridgehead atoms. The number of benzene rings is 1. The van der Waals surface area contributed by atoms with E-state index in [1.54, 1.807) is 6.07 Å². The Balaban J connectivity index is 1.75. The molecule has 0 aliphatic rings. The van der Waals surface area contributed by atoms with Crippen molar-refractivity contribution < 1.29 is 4.39 Å². The Labute approximate surface area is 130 Å². The average molecular weight is 349 g/mol. The SMILES string of the molecule is CC(NCc1nnc2ccccn12)c1ccc(Br)cc1F. The van der Waals surface area contributed by atoms with Crippen LogP contribution >= 0.6 is 15.9 Å². The number of fused-ring (bicyclic) bond motifs is 1. The molecule has 0 radical (unpaired) electrons. The molecule has 0 aliphatic carbocycles. The highest BCUT2D eigenvalue weighted by Crippen LogP contribution is 2.21. The van der Waals surface area contributed by atoms with Gasteiger partial charge in [-0.2, -0.15) is 0 Å². The summed E-state index contributed by atoms with van der Waals surface area (Å²) in [6, 6.07) is 10.7. The van der Waals surface area contributed by atoms with E-state index in [2.05, 4.69) is 31.4 Å². The number of aromatic nitrogens is 3. The molecule has 4 nitrogen and oxygen atoms in total. The Morgan fingerprint density at radius 3 is 2.95 bits per heavy atom. The van der Waals surface area contributed by atoms with Gasteiger partial charge in [0.05, 0.1) is 6.54 Å². The molecule has 6 heteroatoms. The number of nitrogens with one attached hydrogen (secondary N) is 1. The molecule has 0 fully saturated rings. The van der Waals surface area contributed by atoms with Crippen LogP contribution in [0.5, 0.6) is 0 Å². The second-order valence-corrected chi connectivity index (χ2v) is 5.73. The van der Waals surface area contributed by atoms with Gasteiger partial charge in [0.1, 0.15) is 5.82 Å². The highest BCUT2D eigenvalue weighted by Gasteiger charge is 2.12. The molecular weight excluding hydrogens is 335 g/mol. The summed E-state index contributed by atoms with van der Waals surface area (Å²) in [4.78, 5) is 0. The quantitative estimate of drug-likeness (QED) is 0.784. The molecule has 0 amide bonds. The van der Waals surface area contributed by atoms with Crippen LogP contribution in [0.1, 0.15) is 24.4 Å². The Morgan fingerprint density at radius 2 is 2.14 bits per heavy atom. The zero-order valence-corrected chi connectivity index (χ0v) is 13.0. The van der Waals surface area contributed by atoms with E-state index >= 15 is 0 Å². The van der Waals surface area contributed by atoms with E-state index in [-0.39, 0.29) is 11.9 Å². The van der Waals surface area contributed by atoms with Gasteiger partial charge in [0.15, 0.2) is 11.5 Å². The normalized spacial score (nSPS) is 12.7. The van der Waals surface area contributed by atoms with Crippen molar-refractivity contribution in [3.05, 3.63) is 64.3 Å². The number of nitrogens with zero attached hydrogens (tertiary/aromatic N) is 3. The third kappa shape index (κ3) is 2.96. The molecule has 2 aromatic heterocycles. The predicted molar refractivity (Wildman–Crippen MR) is 82.3 cm³/mol. The lowest BCUT2D eigenvalue weighted by Gasteiger charge is -2.14. The van der Waals surface area contributed by atoms with Gasteiger partial charge in [-0.25, -0.2) is 4.39 Å². The minimum Gasteiger partial charge on any atom is -0.303 e. The first-order chi connectivity index (χ1) is 10.1. The fourth-order valence-electron chi connectivity index (χ4n) is 2.22. The fraction of sp³-hybridized carbons (Fsp3) is 0.200. The van der Waals surface area contributed by atoms with Crippen molar-refractivity contribution in [3.8, 4) is 0 Å². The van der Waals surface area contributed by atoms with Crippen LogP contribution in [0, 0.1) is 5.82 Å². The maximum Gasteiger partial charge on any atom is 0.160 e. The summed E-state index contributed by atoms with van der Waals surface area (Å²) < 4.78 is 16.6. The lowest BCUT2D eigenvalue weighted by atomic mass is 10.1. The first-order valence-corrected chi connectivity index (χ1v) is 7.41. The molecular formula is C15H14BrFN4. The molecule has 21 heavy (non-hydrogen) atoms. The van der Waals surface area contributed by atoms with Gasteiger partial charge in [-0.05, 0) is 31.2 Å². The predicted octanol–water partition coefficient (Wildman–Crippen LogP) is 3.48. The number of hydrogen-bond acceptors (Lipinski definition) is 3. The summed E-state index contributed by atoms with van der Waals surface area (Å²) in [6.07, 6.45) is 1.91. The van der Waals surface area contributed by atoms with E-state index in [1.807, 2.05) is 41.8 Å². The van der Waals surface area contributed by atoms with Crippen molar-refractivity contribution in [2.45, 2.75) is 19.5 Å². The van der Waals surface area contributed by atoms with Crippen molar-refractivity contribution in [2.75, 3.05) is 0 Å². The maximum atomic E-state index is 13.9. The third-order valence-corrected chi connectivity index (χ3v) is 3.87. The number of hydrogen-bond donors (Lipinski definition) is 1. The second kappa shape index (κ2) is 5.91. The molecule has 0 saturated heterocycles. The van der Waals surface area contributed by atoms with Crippen LogP contribution in [0.2, 0.25) is 0 Å². The molecule has 1 atom stereocenters. The van der Waals surface area contributed by atoms with Crippen LogP contribution in [0.4, 0.5) is 4.39 Å². The van der Waals surface area contributed by atoms with Gasteiger partial charge in [0.2, 0.25) is 0 Å². The van der Waals surface area contributed by atoms with Crippen molar-refractivity contribution in [3.63, 3.8) is 0 Å². The van der Waals surface area contributed by atoms with E-state index in [0.29, 0.717) is 12.1 Å². The Hall–Kier alpha value is -1.79. The zero-order chi connectivity index (χ0) is 14.8. The van der Waals surface area contributed by atoms with Crippen molar-refractivity contribution in [2.24, 2.45) is 0 Å². The average Bonchev–Trinajstić information content (AvgIpc) is 2.88. The summed E-state index contributed by atoms with van der Waals surface area (Å²) in [7, 11) is 0. The fourth-order valence-corrected chi connectivity index (χ4v) is 2.55. The molecule has 3 rings (SSSR count). The van der Waals surface area contributed by atoms with E-state index in [4.69, 9.17) is 0 Å². The summed E-state index contributed by atoms with van der Waals surface area (Å²) >= 11 is 3.26. The molecule has 108 valence electrons. The summed E-state index contributed by atoms with van der Waals surface area (Å²) in [5, 5.41) is 11.5. The number of halogens is 2. The smallest absolute Gasteiger partial charge is 0.160 e. The Bertz CT molecular complexity index is 771. The van der Waals surface area contributed by atoms with Crippen molar-refractivity contribution in [1.29, 1.82) is 0 Å². The van der Waals surface area contributed by atoms with E-state index < -0.39 is 0 Å². The van der Waals surface area contributed by atoms with Gasteiger partial charge in [0.25, 0.3) is 0 Å². The highest BCUT2D eigenvalue weighted by molar-refractivity contribution is 9.10. The van der Waals surface area contributed by atoms with Crippen LogP contribution in [-0.2, 0) is 6.54 Å². The topological polar surface area (TPSA) is 42.2 Å². The zero-order valence-electron chi connectivity index (χ0n) is 11.4. The largest absolute Gasteiger partial charge is 0.303 e. The van der Waals surface area contributed by atoms with Crippen LogP contribution in [0.3, 0.4) is 0 Å². The van der Waals surface area contributed by atoms with E-state index in [9.17, 15) is 4.39 Å². The molecule has 1 unspecified atom stereocenters. The molecule has 0 saturated carbocycles. The first kappa shape index (κ1) is 14.2. The summed E-state index contributed by atoms with van der Waals surface area (Å²) in [5.41, 5.74) is 1.43. The molecule has 2 heterocycles. The molecule has 0 spiro atoms. The van der Waals surface area contributed by atoms with Crippen molar-refractivity contribution >= 4 is 21.6 Å². The van der Waals surface area contributed by atoms with Gasteiger partial charge in [-0.1, -0.05) is 28.1 Å². The summed E-state index contributed by atoms with van der Waals surface area (Å²) in [6.45, 7) is 2.44. The minimum absolute atomic E-state index is 0.117. The Morgan fingerprint density at radius 1 is 1.29 bits per heavy atom. The maximum absolute atomic E-state index is 13.9. The monoisotopic (exact) mass is 348 g/mol. The van der Waals surface area contributed by atoms with Crippen LogP contribution in [-0.4, -0.2) is 14.6 Å². The van der Waals surface area contributed by atoms with Gasteiger partial charge in [0, 0.05) is 22.3 Å². The first-order valence-electron chi connectivity index (χ1n) is 6.62. The van der Waals surface area contributed by atoms with Crippen LogP contribution < -0.4 is 5.32 Å². The van der Waals surface area contributed by atoms with Crippen LogP contribution in [0.15, 0.2) is 47.1 Å². The van der Waals surface area contributed by atoms with Crippen LogP contribution in [0.25, 0.3) is 5.65 Å². The van der Waals surface area contributed by atoms with E-state index in [1.165, 1.54) is 6.07 Å². The Kier molecular flexibility index (Phi) is 3.98. The van der Waals surface area contributed by atoms with Gasteiger partial charge >= 0.3 is 0 Å². The highest BCUT2D eigenvalue weighted by atomic mass is 79.9. The lowest BCUT2D eigenvalue weighted by molar-refractivity contribution is 0.518. The molecule has 3 aromatic rings. The van der Waals surface area contributed by atoms with E-state index in [0.717, 1.165) is 15.9 Å². The molecule has 1 aromatic carbocycles. The van der Waals surface area contributed by atoms with Gasteiger partial charge in [-0.15, -0.1) is 10.2 Å². The lowest BCUT2D eigenvalue weighted by Crippen LogP contribution is -2.20. The van der Waals surface area contributed by atoms with Gasteiger partial charge < -0.3 is 5.32 Å². The second-order valence-electron chi connectivity index (χ2n) is 4.81.